The first kappa shape index (κ1) is 19.0. The van der Waals surface area contributed by atoms with E-state index >= 15 is 0 Å². The van der Waals surface area contributed by atoms with Crippen LogP contribution in [0.2, 0.25) is 0 Å². The predicted molar refractivity (Wildman–Crippen MR) is 120 cm³/mol. The topological polar surface area (TPSA) is 72.2 Å². The molecule has 5 rings (SSSR count). The number of benzene rings is 2. The fraction of sp³-hybridized carbons (Fsp3) is 0.292. The average molecular weight is 419 g/mol. The van der Waals surface area contributed by atoms with Crippen molar-refractivity contribution in [2.75, 3.05) is 0 Å². The van der Waals surface area contributed by atoms with Crippen LogP contribution < -0.4 is 5.56 Å². The van der Waals surface area contributed by atoms with Crippen LogP contribution in [0.5, 0.6) is 0 Å². The first-order valence-corrected chi connectivity index (χ1v) is 11.0. The number of fused-ring (bicyclic) bond motifs is 4. The molecular formula is C24H22N2O3S. The summed E-state index contributed by atoms with van der Waals surface area (Å²) in [4.78, 5) is 32.6. The van der Waals surface area contributed by atoms with Gasteiger partial charge in [0.05, 0.1) is 5.39 Å². The zero-order valence-electron chi connectivity index (χ0n) is 16.9. The van der Waals surface area contributed by atoms with Gasteiger partial charge in [0.1, 0.15) is 16.2 Å². The largest absolute Gasteiger partial charge is 0.480 e. The second-order valence-corrected chi connectivity index (χ2v) is 9.47. The van der Waals surface area contributed by atoms with Crippen molar-refractivity contribution in [2.45, 2.75) is 45.1 Å². The van der Waals surface area contributed by atoms with E-state index in [0.717, 1.165) is 46.0 Å². The highest BCUT2D eigenvalue weighted by Crippen LogP contribution is 2.36. The van der Waals surface area contributed by atoms with E-state index in [2.05, 4.69) is 0 Å². The SMILES string of the molecule is CC(C)(C(=O)O)n1c(Cc2cccc3ccccc23)nc2sc3c(c2c1=O)CCC3. The zero-order chi connectivity index (χ0) is 21.0. The van der Waals surface area contributed by atoms with Crippen LogP contribution in [-0.4, -0.2) is 20.6 Å². The molecule has 6 heteroatoms. The van der Waals surface area contributed by atoms with E-state index in [4.69, 9.17) is 4.98 Å². The van der Waals surface area contributed by atoms with Gasteiger partial charge in [-0.05, 0) is 55.0 Å². The molecule has 0 unspecified atom stereocenters. The number of carboxylic acids is 1. The van der Waals surface area contributed by atoms with Gasteiger partial charge in [-0.15, -0.1) is 11.3 Å². The summed E-state index contributed by atoms with van der Waals surface area (Å²) < 4.78 is 1.41. The molecule has 5 nitrogen and oxygen atoms in total. The zero-order valence-corrected chi connectivity index (χ0v) is 17.8. The molecule has 2 aromatic heterocycles. The minimum absolute atomic E-state index is 0.234. The van der Waals surface area contributed by atoms with Crippen molar-refractivity contribution in [1.29, 1.82) is 0 Å². The van der Waals surface area contributed by atoms with Crippen molar-refractivity contribution in [3.8, 4) is 0 Å². The summed E-state index contributed by atoms with van der Waals surface area (Å²) >= 11 is 1.58. The number of hydrogen-bond donors (Lipinski definition) is 1. The van der Waals surface area contributed by atoms with Crippen LogP contribution in [0, 0.1) is 0 Å². The third kappa shape index (κ3) is 2.78. The molecule has 0 amide bonds. The van der Waals surface area contributed by atoms with E-state index in [1.807, 2.05) is 42.5 Å². The Hall–Kier alpha value is -2.99. The minimum Gasteiger partial charge on any atom is -0.480 e. The molecule has 1 aliphatic rings. The van der Waals surface area contributed by atoms with Gasteiger partial charge < -0.3 is 5.11 Å². The van der Waals surface area contributed by atoms with Crippen LogP contribution in [0.1, 0.15) is 42.1 Å². The number of aryl methyl sites for hydroxylation is 2. The first-order valence-electron chi connectivity index (χ1n) is 10.1. The highest BCUT2D eigenvalue weighted by atomic mass is 32.1. The van der Waals surface area contributed by atoms with Crippen molar-refractivity contribution in [2.24, 2.45) is 0 Å². The van der Waals surface area contributed by atoms with Crippen LogP contribution in [-0.2, 0) is 29.6 Å². The molecule has 1 N–H and O–H groups in total. The van der Waals surface area contributed by atoms with Gasteiger partial charge in [-0.1, -0.05) is 42.5 Å². The fourth-order valence-electron chi connectivity index (χ4n) is 4.49. The smallest absolute Gasteiger partial charge is 0.329 e. The summed E-state index contributed by atoms with van der Waals surface area (Å²) in [5.41, 5.74) is 0.464. The molecule has 0 saturated heterocycles. The molecule has 2 aromatic carbocycles. The summed E-state index contributed by atoms with van der Waals surface area (Å²) in [6.45, 7) is 3.15. The molecule has 0 aliphatic heterocycles. The Morgan fingerprint density at radius 2 is 1.93 bits per heavy atom. The Kier molecular flexibility index (Phi) is 4.29. The average Bonchev–Trinajstić information content (AvgIpc) is 3.29. The number of carboxylic acid groups (broad SMARTS) is 1. The molecule has 0 atom stereocenters. The first-order chi connectivity index (χ1) is 14.4. The second-order valence-electron chi connectivity index (χ2n) is 8.39. The second kappa shape index (κ2) is 6.77. The normalized spacial score (nSPS) is 13.8. The fourth-order valence-corrected chi connectivity index (χ4v) is 5.76. The maximum Gasteiger partial charge on any atom is 0.329 e. The number of aliphatic carboxylic acids is 1. The van der Waals surface area contributed by atoms with E-state index in [0.29, 0.717) is 17.6 Å². The third-order valence-corrected chi connectivity index (χ3v) is 7.30. The molecule has 152 valence electrons. The van der Waals surface area contributed by atoms with Gasteiger partial charge in [0.25, 0.3) is 5.56 Å². The molecule has 0 spiro atoms. The van der Waals surface area contributed by atoms with E-state index in [1.165, 1.54) is 9.44 Å². The van der Waals surface area contributed by atoms with Crippen molar-refractivity contribution in [3.63, 3.8) is 0 Å². The Labute approximate surface area is 177 Å². The summed E-state index contributed by atoms with van der Waals surface area (Å²) in [5, 5.41) is 12.7. The summed E-state index contributed by atoms with van der Waals surface area (Å²) in [5.74, 6) is -0.548. The monoisotopic (exact) mass is 418 g/mol. The molecule has 0 bridgehead atoms. The molecule has 1 aliphatic carbocycles. The van der Waals surface area contributed by atoms with E-state index in [1.54, 1.807) is 25.2 Å². The highest BCUT2D eigenvalue weighted by Gasteiger charge is 2.35. The molecule has 4 aromatic rings. The number of rotatable bonds is 4. The van der Waals surface area contributed by atoms with Crippen molar-refractivity contribution in [1.82, 2.24) is 9.55 Å². The summed E-state index contributed by atoms with van der Waals surface area (Å²) in [7, 11) is 0. The van der Waals surface area contributed by atoms with Crippen molar-refractivity contribution < 1.29 is 9.90 Å². The maximum atomic E-state index is 13.6. The lowest BCUT2D eigenvalue weighted by Gasteiger charge is -2.26. The van der Waals surface area contributed by atoms with Crippen LogP contribution in [0.15, 0.2) is 47.3 Å². The molecule has 0 radical (unpaired) electrons. The summed E-state index contributed by atoms with van der Waals surface area (Å²) in [6, 6.07) is 14.1. The Bertz CT molecular complexity index is 1380. The minimum atomic E-state index is -1.40. The Morgan fingerprint density at radius 3 is 2.73 bits per heavy atom. The Morgan fingerprint density at radius 1 is 1.17 bits per heavy atom. The lowest BCUT2D eigenvalue weighted by Crippen LogP contribution is -2.45. The third-order valence-electron chi connectivity index (χ3n) is 6.12. The Balaban J connectivity index is 1.78. The van der Waals surface area contributed by atoms with Gasteiger partial charge in [-0.2, -0.15) is 0 Å². The van der Waals surface area contributed by atoms with E-state index in [9.17, 15) is 14.7 Å². The highest BCUT2D eigenvalue weighted by molar-refractivity contribution is 7.18. The number of hydrogen-bond acceptors (Lipinski definition) is 4. The van der Waals surface area contributed by atoms with Crippen molar-refractivity contribution in [3.05, 3.63) is 74.6 Å². The number of nitrogens with zero attached hydrogens (tertiary/aromatic N) is 2. The molecule has 2 heterocycles. The van der Waals surface area contributed by atoms with E-state index in [-0.39, 0.29) is 5.56 Å². The van der Waals surface area contributed by atoms with Crippen molar-refractivity contribution >= 4 is 38.3 Å². The molecular weight excluding hydrogens is 396 g/mol. The van der Waals surface area contributed by atoms with Crippen LogP contribution in [0.3, 0.4) is 0 Å². The van der Waals surface area contributed by atoms with Crippen LogP contribution >= 0.6 is 11.3 Å². The van der Waals surface area contributed by atoms with Crippen LogP contribution in [0.4, 0.5) is 0 Å². The lowest BCUT2D eigenvalue weighted by molar-refractivity contribution is -0.146. The molecule has 0 fully saturated rings. The van der Waals surface area contributed by atoms with Gasteiger partial charge >= 0.3 is 5.97 Å². The number of aromatic nitrogens is 2. The van der Waals surface area contributed by atoms with Crippen LogP contribution in [0.25, 0.3) is 21.0 Å². The molecule has 30 heavy (non-hydrogen) atoms. The van der Waals surface area contributed by atoms with Gasteiger partial charge in [-0.25, -0.2) is 9.78 Å². The quantitative estimate of drug-likeness (QED) is 0.529. The maximum absolute atomic E-state index is 13.6. The standard InChI is InChI=1S/C24H22N2O3S/c1-24(2,23(28)29)26-19(13-15-9-5-8-14-7-3-4-10-16(14)15)25-21-20(22(26)27)17-11-6-12-18(17)30-21/h3-5,7-10H,6,11-13H2,1-2H3,(H,28,29). The lowest BCUT2D eigenvalue weighted by atomic mass is 10.00. The molecule has 0 saturated carbocycles. The number of carbonyl (C=O) groups is 1. The predicted octanol–water partition coefficient (Wildman–Crippen LogP) is 4.51. The number of thiophene rings is 1. The van der Waals surface area contributed by atoms with Gasteiger partial charge in [0.2, 0.25) is 0 Å². The van der Waals surface area contributed by atoms with Gasteiger partial charge in [0.15, 0.2) is 0 Å². The van der Waals surface area contributed by atoms with E-state index < -0.39 is 11.5 Å². The van der Waals surface area contributed by atoms with Gasteiger partial charge in [-0.3, -0.25) is 9.36 Å². The summed E-state index contributed by atoms with van der Waals surface area (Å²) in [6.07, 6.45) is 3.27. The van der Waals surface area contributed by atoms with Gasteiger partial charge in [0, 0.05) is 11.3 Å².